The Morgan fingerprint density at radius 2 is 2.09 bits per heavy atom. The van der Waals surface area contributed by atoms with Crippen LogP contribution in [0.1, 0.15) is 15.2 Å². The molecule has 0 unspecified atom stereocenters. The summed E-state index contributed by atoms with van der Waals surface area (Å²) in [6, 6.07) is 14.9. The molecule has 0 saturated carbocycles. The molecule has 116 valence electrons. The van der Waals surface area contributed by atoms with E-state index >= 15 is 0 Å². The maximum Gasteiger partial charge on any atom is 0.266 e. The fraction of sp³-hybridized carbons (Fsp3) is 0.0625. The van der Waals surface area contributed by atoms with E-state index in [1.807, 2.05) is 41.8 Å². The fourth-order valence-corrected chi connectivity index (χ4v) is 3.42. The maximum atomic E-state index is 11.9. The lowest BCUT2D eigenvalue weighted by atomic mass is 10.2. The van der Waals surface area contributed by atoms with Crippen LogP contribution >= 0.6 is 34.7 Å². The molecule has 0 aliphatic heterocycles. The van der Waals surface area contributed by atoms with Crippen LogP contribution < -0.4 is 5.32 Å². The number of aromatic nitrogens is 2. The van der Waals surface area contributed by atoms with E-state index in [1.165, 1.54) is 11.3 Å². The number of carbonyl (C=O) groups is 1. The van der Waals surface area contributed by atoms with Gasteiger partial charge in [-0.2, -0.15) is 0 Å². The summed E-state index contributed by atoms with van der Waals surface area (Å²) >= 11 is 8.91. The summed E-state index contributed by atoms with van der Waals surface area (Å²) in [4.78, 5) is 12.6. The van der Waals surface area contributed by atoms with Gasteiger partial charge in [-0.05, 0) is 41.3 Å². The summed E-state index contributed by atoms with van der Waals surface area (Å²) in [6.07, 6.45) is 0. The summed E-state index contributed by atoms with van der Waals surface area (Å²) in [5.41, 5.74) is 1.12. The SMILES string of the molecule is O=C(Nc1ccc(SCc2cccc(Cl)c2)nn1)c1cccs1. The van der Waals surface area contributed by atoms with Crippen LogP contribution in [0.5, 0.6) is 0 Å². The number of nitrogens with zero attached hydrogens (tertiary/aromatic N) is 2. The van der Waals surface area contributed by atoms with E-state index in [1.54, 1.807) is 23.9 Å². The van der Waals surface area contributed by atoms with Gasteiger partial charge in [0.05, 0.1) is 4.88 Å². The molecule has 7 heteroatoms. The van der Waals surface area contributed by atoms with Gasteiger partial charge in [0.25, 0.3) is 5.91 Å². The number of anilines is 1. The molecule has 0 aliphatic carbocycles. The third-order valence-electron chi connectivity index (χ3n) is 2.90. The van der Waals surface area contributed by atoms with Crippen molar-refractivity contribution in [3.05, 3.63) is 69.4 Å². The van der Waals surface area contributed by atoms with E-state index in [2.05, 4.69) is 15.5 Å². The second-order valence-corrected chi connectivity index (χ2v) is 6.99. The van der Waals surface area contributed by atoms with Crippen molar-refractivity contribution in [2.75, 3.05) is 5.32 Å². The second-order valence-electron chi connectivity index (χ2n) is 4.61. The predicted molar refractivity (Wildman–Crippen MR) is 95.3 cm³/mol. The molecule has 4 nitrogen and oxygen atoms in total. The summed E-state index contributed by atoms with van der Waals surface area (Å²) in [5.74, 6) is 1.03. The Balaban J connectivity index is 1.58. The van der Waals surface area contributed by atoms with Crippen LogP contribution in [-0.4, -0.2) is 16.1 Å². The first-order chi connectivity index (χ1) is 11.2. The summed E-state index contributed by atoms with van der Waals surface area (Å²) in [6.45, 7) is 0. The van der Waals surface area contributed by atoms with Crippen molar-refractivity contribution in [3.8, 4) is 0 Å². The van der Waals surface area contributed by atoms with Crippen molar-refractivity contribution in [2.24, 2.45) is 0 Å². The molecule has 0 spiro atoms. The Morgan fingerprint density at radius 1 is 1.17 bits per heavy atom. The van der Waals surface area contributed by atoms with Crippen LogP contribution in [0.15, 0.2) is 58.9 Å². The first-order valence-corrected chi connectivity index (χ1v) is 9.01. The van der Waals surface area contributed by atoms with Crippen molar-refractivity contribution >= 4 is 46.4 Å². The van der Waals surface area contributed by atoms with Gasteiger partial charge in [0.2, 0.25) is 0 Å². The van der Waals surface area contributed by atoms with Gasteiger partial charge < -0.3 is 5.32 Å². The Labute approximate surface area is 146 Å². The number of carbonyl (C=O) groups excluding carboxylic acids is 1. The number of nitrogens with one attached hydrogen (secondary N) is 1. The highest BCUT2D eigenvalue weighted by Gasteiger charge is 2.08. The zero-order valence-electron chi connectivity index (χ0n) is 11.9. The molecular weight excluding hydrogens is 350 g/mol. The van der Waals surface area contributed by atoms with E-state index in [9.17, 15) is 4.79 Å². The molecule has 1 N–H and O–H groups in total. The van der Waals surface area contributed by atoms with Crippen molar-refractivity contribution < 1.29 is 4.79 Å². The number of thiophene rings is 1. The molecule has 0 aliphatic rings. The smallest absolute Gasteiger partial charge is 0.266 e. The normalized spacial score (nSPS) is 10.5. The molecule has 2 heterocycles. The average Bonchev–Trinajstić information content (AvgIpc) is 3.09. The largest absolute Gasteiger partial charge is 0.304 e. The number of hydrogen-bond acceptors (Lipinski definition) is 5. The topological polar surface area (TPSA) is 54.9 Å². The van der Waals surface area contributed by atoms with Crippen LogP contribution in [-0.2, 0) is 5.75 Å². The minimum Gasteiger partial charge on any atom is -0.304 e. The minimum absolute atomic E-state index is 0.173. The molecule has 1 amide bonds. The number of rotatable bonds is 5. The van der Waals surface area contributed by atoms with Crippen molar-refractivity contribution in [3.63, 3.8) is 0 Å². The van der Waals surface area contributed by atoms with Crippen LogP contribution in [0.25, 0.3) is 0 Å². The minimum atomic E-state index is -0.173. The Kier molecular flexibility index (Phi) is 5.27. The molecule has 0 atom stereocenters. The van der Waals surface area contributed by atoms with Crippen LogP contribution in [0.4, 0.5) is 5.82 Å². The molecule has 0 fully saturated rings. The molecule has 23 heavy (non-hydrogen) atoms. The number of halogens is 1. The molecule has 1 aromatic carbocycles. The van der Waals surface area contributed by atoms with E-state index in [-0.39, 0.29) is 5.91 Å². The fourth-order valence-electron chi connectivity index (χ4n) is 1.83. The number of hydrogen-bond donors (Lipinski definition) is 1. The van der Waals surface area contributed by atoms with Gasteiger partial charge in [-0.25, -0.2) is 0 Å². The van der Waals surface area contributed by atoms with E-state index < -0.39 is 0 Å². The highest BCUT2D eigenvalue weighted by molar-refractivity contribution is 7.98. The van der Waals surface area contributed by atoms with Crippen molar-refractivity contribution in [1.29, 1.82) is 0 Å². The highest BCUT2D eigenvalue weighted by Crippen LogP contribution is 2.22. The van der Waals surface area contributed by atoms with Crippen LogP contribution in [0.2, 0.25) is 5.02 Å². The first kappa shape index (κ1) is 16.0. The number of amides is 1. The number of benzene rings is 1. The Hall–Kier alpha value is -1.89. The van der Waals surface area contributed by atoms with Gasteiger partial charge in [-0.15, -0.1) is 21.5 Å². The lowest BCUT2D eigenvalue weighted by molar-refractivity contribution is 0.103. The molecular formula is C16H12ClN3OS2. The zero-order valence-corrected chi connectivity index (χ0v) is 14.3. The van der Waals surface area contributed by atoms with Crippen LogP contribution in [0, 0.1) is 0 Å². The maximum absolute atomic E-state index is 11.9. The predicted octanol–water partition coefficient (Wildman–Crippen LogP) is 4.74. The van der Waals surface area contributed by atoms with Crippen LogP contribution in [0.3, 0.4) is 0 Å². The van der Waals surface area contributed by atoms with Gasteiger partial charge in [0, 0.05) is 10.8 Å². The summed E-state index contributed by atoms with van der Waals surface area (Å²) in [7, 11) is 0. The molecule has 3 aromatic rings. The average molecular weight is 362 g/mol. The Morgan fingerprint density at radius 3 is 2.78 bits per heavy atom. The highest BCUT2D eigenvalue weighted by atomic mass is 35.5. The molecule has 0 radical (unpaired) electrons. The lowest BCUT2D eigenvalue weighted by Crippen LogP contribution is -2.11. The monoisotopic (exact) mass is 361 g/mol. The summed E-state index contributed by atoms with van der Waals surface area (Å²) < 4.78 is 0. The van der Waals surface area contributed by atoms with Gasteiger partial charge in [0.1, 0.15) is 5.03 Å². The van der Waals surface area contributed by atoms with Crippen molar-refractivity contribution in [1.82, 2.24) is 10.2 Å². The van der Waals surface area contributed by atoms with E-state index in [4.69, 9.17) is 11.6 Å². The first-order valence-electron chi connectivity index (χ1n) is 6.76. The van der Waals surface area contributed by atoms with E-state index in [0.717, 1.165) is 21.4 Å². The summed E-state index contributed by atoms with van der Waals surface area (Å²) in [5, 5.41) is 14.2. The zero-order chi connectivity index (χ0) is 16.1. The third-order valence-corrected chi connectivity index (χ3v) is 5.00. The molecule has 0 bridgehead atoms. The number of thioether (sulfide) groups is 1. The van der Waals surface area contributed by atoms with Gasteiger partial charge >= 0.3 is 0 Å². The Bertz CT molecular complexity index is 791. The third kappa shape index (κ3) is 4.54. The quantitative estimate of drug-likeness (QED) is 0.667. The van der Waals surface area contributed by atoms with Crippen molar-refractivity contribution in [2.45, 2.75) is 10.8 Å². The lowest BCUT2D eigenvalue weighted by Gasteiger charge is -2.04. The second kappa shape index (κ2) is 7.59. The molecule has 3 rings (SSSR count). The standard InChI is InChI=1S/C16H12ClN3OS2/c17-12-4-1-3-11(9-12)10-23-15-7-6-14(19-20-15)18-16(21)13-5-2-8-22-13/h1-9H,10H2,(H,18,19,21). The van der Waals surface area contributed by atoms with Gasteiger partial charge in [0.15, 0.2) is 5.82 Å². The molecule has 2 aromatic heterocycles. The van der Waals surface area contributed by atoms with Gasteiger partial charge in [-0.1, -0.05) is 41.6 Å². The van der Waals surface area contributed by atoms with E-state index in [0.29, 0.717) is 10.7 Å². The molecule has 0 saturated heterocycles. The van der Waals surface area contributed by atoms with Gasteiger partial charge in [-0.3, -0.25) is 4.79 Å².